The topological polar surface area (TPSA) is 41.5 Å². The van der Waals surface area contributed by atoms with E-state index in [-0.39, 0.29) is 0 Å². The Labute approximate surface area is 132 Å². The van der Waals surface area contributed by atoms with Gasteiger partial charge >= 0.3 is 0 Å². The normalized spacial score (nSPS) is 23.4. The standard InChI is InChI=1S/C17H27NO2S/c1-13-5-3-4-6-15(13)11-20-12-16(19)9-18-10-17-8-7-14(2)21-17/h3-4,7-8,13,15-16,18-19H,5-6,9-12H2,1-2H3. The van der Waals surface area contributed by atoms with Gasteiger partial charge in [-0.3, -0.25) is 0 Å². The molecule has 0 spiro atoms. The summed E-state index contributed by atoms with van der Waals surface area (Å²) in [5, 5.41) is 13.2. The highest BCUT2D eigenvalue weighted by atomic mass is 32.1. The van der Waals surface area contributed by atoms with Gasteiger partial charge in [0.1, 0.15) is 0 Å². The molecular formula is C17H27NO2S. The van der Waals surface area contributed by atoms with Gasteiger partial charge in [0, 0.05) is 22.8 Å². The van der Waals surface area contributed by atoms with Crippen LogP contribution in [0.2, 0.25) is 0 Å². The highest BCUT2D eigenvalue weighted by Gasteiger charge is 2.18. The van der Waals surface area contributed by atoms with Crippen LogP contribution in [0.1, 0.15) is 29.5 Å². The van der Waals surface area contributed by atoms with Crippen molar-refractivity contribution in [1.82, 2.24) is 5.32 Å². The molecule has 1 aliphatic carbocycles. The zero-order valence-electron chi connectivity index (χ0n) is 13.0. The van der Waals surface area contributed by atoms with Crippen LogP contribution in [0.5, 0.6) is 0 Å². The quantitative estimate of drug-likeness (QED) is 0.725. The Bertz CT molecular complexity index is 444. The summed E-state index contributed by atoms with van der Waals surface area (Å²) < 4.78 is 5.69. The lowest BCUT2D eigenvalue weighted by Crippen LogP contribution is -2.31. The summed E-state index contributed by atoms with van der Waals surface area (Å²) in [6.45, 7) is 6.96. The van der Waals surface area contributed by atoms with Gasteiger partial charge in [0.15, 0.2) is 0 Å². The Hall–Kier alpha value is -0.680. The molecule has 3 unspecified atom stereocenters. The van der Waals surface area contributed by atoms with Crippen molar-refractivity contribution in [3.63, 3.8) is 0 Å². The van der Waals surface area contributed by atoms with Gasteiger partial charge in [-0.05, 0) is 43.7 Å². The fourth-order valence-corrected chi connectivity index (χ4v) is 3.46. The Kier molecular flexibility index (Phi) is 6.90. The Morgan fingerprint density at radius 2 is 2.19 bits per heavy atom. The summed E-state index contributed by atoms with van der Waals surface area (Å²) in [6.07, 6.45) is 6.33. The van der Waals surface area contributed by atoms with E-state index in [1.54, 1.807) is 11.3 Å². The van der Waals surface area contributed by atoms with E-state index >= 15 is 0 Å². The molecule has 1 heterocycles. The van der Waals surface area contributed by atoms with E-state index in [9.17, 15) is 5.11 Å². The number of ether oxygens (including phenoxy) is 1. The van der Waals surface area contributed by atoms with Crippen LogP contribution in [0.15, 0.2) is 24.3 Å². The molecule has 0 fully saturated rings. The molecule has 0 amide bonds. The minimum atomic E-state index is -0.430. The number of hydrogen-bond donors (Lipinski definition) is 2. The molecule has 1 aliphatic rings. The van der Waals surface area contributed by atoms with Crippen LogP contribution in [-0.2, 0) is 11.3 Å². The van der Waals surface area contributed by atoms with E-state index in [4.69, 9.17) is 4.74 Å². The average molecular weight is 309 g/mol. The average Bonchev–Trinajstić information content (AvgIpc) is 2.87. The lowest BCUT2D eigenvalue weighted by molar-refractivity contribution is 0.0128. The minimum Gasteiger partial charge on any atom is -0.389 e. The lowest BCUT2D eigenvalue weighted by Gasteiger charge is -2.25. The maximum atomic E-state index is 9.93. The zero-order valence-corrected chi connectivity index (χ0v) is 13.9. The van der Waals surface area contributed by atoms with E-state index in [0.29, 0.717) is 25.0 Å². The molecule has 1 aromatic heterocycles. The maximum absolute atomic E-state index is 9.93. The Morgan fingerprint density at radius 1 is 1.38 bits per heavy atom. The second-order valence-corrected chi connectivity index (χ2v) is 7.39. The maximum Gasteiger partial charge on any atom is 0.0897 e. The van der Waals surface area contributed by atoms with Crippen LogP contribution in [0.4, 0.5) is 0 Å². The van der Waals surface area contributed by atoms with Crippen LogP contribution in [-0.4, -0.2) is 31.0 Å². The SMILES string of the molecule is Cc1ccc(CNCC(O)COCC2CC=CCC2C)s1. The van der Waals surface area contributed by atoms with Crippen molar-refractivity contribution in [2.24, 2.45) is 11.8 Å². The number of aryl methyl sites for hydroxylation is 1. The third-order valence-corrected chi connectivity index (χ3v) is 5.04. The van der Waals surface area contributed by atoms with E-state index < -0.39 is 6.10 Å². The van der Waals surface area contributed by atoms with E-state index in [1.165, 1.54) is 9.75 Å². The molecule has 118 valence electrons. The van der Waals surface area contributed by atoms with E-state index in [1.807, 2.05) is 0 Å². The molecule has 0 bridgehead atoms. The van der Waals surface area contributed by atoms with Crippen LogP contribution >= 0.6 is 11.3 Å². The third kappa shape index (κ3) is 5.91. The molecule has 0 saturated heterocycles. The highest BCUT2D eigenvalue weighted by molar-refractivity contribution is 7.11. The van der Waals surface area contributed by atoms with Crippen molar-refractivity contribution in [1.29, 1.82) is 0 Å². The first-order chi connectivity index (χ1) is 10.1. The van der Waals surface area contributed by atoms with Gasteiger partial charge in [-0.25, -0.2) is 0 Å². The monoisotopic (exact) mass is 309 g/mol. The van der Waals surface area contributed by atoms with Crippen LogP contribution in [0.3, 0.4) is 0 Å². The fourth-order valence-electron chi connectivity index (χ4n) is 2.60. The van der Waals surface area contributed by atoms with Gasteiger partial charge in [-0.2, -0.15) is 0 Å². The molecule has 21 heavy (non-hydrogen) atoms. The van der Waals surface area contributed by atoms with Crippen LogP contribution in [0.25, 0.3) is 0 Å². The molecule has 2 rings (SSSR count). The third-order valence-electron chi connectivity index (χ3n) is 4.04. The predicted molar refractivity (Wildman–Crippen MR) is 88.6 cm³/mol. The zero-order chi connectivity index (χ0) is 15.1. The molecule has 0 aliphatic heterocycles. The van der Waals surface area contributed by atoms with Crippen molar-refractivity contribution in [3.05, 3.63) is 34.0 Å². The Morgan fingerprint density at radius 3 is 2.90 bits per heavy atom. The van der Waals surface area contributed by atoms with Gasteiger partial charge < -0.3 is 15.2 Å². The number of rotatable bonds is 8. The van der Waals surface area contributed by atoms with Crippen molar-refractivity contribution in [2.75, 3.05) is 19.8 Å². The molecule has 3 atom stereocenters. The second-order valence-electron chi connectivity index (χ2n) is 6.01. The smallest absolute Gasteiger partial charge is 0.0897 e. The van der Waals surface area contributed by atoms with Gasteiger partial charge in [-0.15, -0.1) is 11.3 Å². The number of aliphatic hydroxyl groups excluding tert-OH is 1. The van der Waals surface area contributed by atoms with Crippen molar-refractivity contribution < 1.29 is 9.84 Å². The second kappa shape index (κ2) is 8.69. The molecule has 4 heteroatoms. The highest BCUT2D eigenvalue weighted by Crippen LogP contribution is 2.24. The summed E-state index contributed by atoms with van der Waals surface area (Å²) in [4.78, 5) is 2.63. The van der Waals surface area contributed by atoms with Crippen molar-refractivity contribution in [2.45, 2.75) is 39.3 Å². The van der Waals surface area contributed by atoms with E-state index in [0.717, 1.165) is 26.0 Å². The fraction of sp³-hybridized carbons (Fsp3) is 0.647. The molecule has 0 aromatic carbocycles. The number of aliphatic hydroxyl groups is 1. The van der Waals surface area contributed by atoms with Crippen molar-refractivity contribution >= 4 is 11.3 Å². The van der Waals surface area contributed by atoms with Crippen LogP contribution in [0, 0.1) is 18.8 Å². The first kappa shape index (κ1) is 16.7. The van der Waals surface area contributed by atoms with Crippen molar-refractivity contribution in [3.8, 4) is 0 Å². The summed E-state index contributed by atoms with van der Waals surface area (Å²) in [7, 11) is 0. The van der Waals surface area contributed by atoms with Gasteiger partial charge in [0.25, 0.3) is 0 Å². The lowest BCUT2D eigenvalue weighted by atomic mass is 9.85. The molecular weight excluding hydrogens is 282 g/mol. The number of allylic oxidation sites excluding steroid dienone is 2. The molecule has 0 radical (unpaired) electrons. The molecule has 3 nitrogen and oxygen atoms in total. The number of thiophene rings is 1. The first-order valence-corrected chi connectivity index (χ1v) is 8.63. The Balaban J connectivity index is 1.55. The van der Waals surface area contributed by atoms with Gasteiger partial charge in [0.05, 0.1) is 19.3 Å². The molecule has 1 aromatic rings. The molecule has 2 N–H and O–H groups in total. The van der Waals surface area contributed by atoms with Crippen LogP contribution < -0.4 is 5.32 Å². The van der Waals surface area contributed by atoms with E-state index in [2.05, 4.69) is 43.4 Å². The minimum absolute atomic E-state index is 0.420. The summed E-state index contributed by atoms with van der Waals surface area (Å²) in [6, 6.07) is 4.26. The first-order valence-electron chi connectivity index (χ1n) is 7.82. The predicted octanol–water partition coefficient (Wildman–Crippen LogP) is 3.13. The molecule has 0 saturated carbocycles. The summed E-state index contributed by atoms with van der Waals surface area (Å²) in [5.41, 5.74) is 0. The van der Waals surface area contributed by atoms with Gasteiger partial charge in [-0.1, -0.05) is 19.1 Å². The summed E-state index contributed by atoms with van der Waals surface area (Å²) >= 11 is 1.79. The largest absolute Gasteiger partial charge is 0.389 e. The summed E-state index contributed by atoms with van der Waals surface area (Å²) in [5.74, 6) is 1.29. The number of nitrogens with one attached hydrogen (secondary N) is 1. The van der Waals surface area contributed by atoms with Gasteiger partial charge in [0.2, 0.25) is 0 Å². The number of hydrogen-bond acceptors (Lipinski definition) is 4.